The molecule has 2 N–H and O–H groups in total. The van der Waals surface area contributed by atoms with Crippen LogP contribution in [0.5, 0.6) is 0 Å². The number of carbonyl (C=O) groups excluding carboxylic acids is 3. The Morgan fingerprint density at radius 3 is 2.23 bits per heavy atom. The molecule has 2 amide bonds. The van der Waals surface area contributed by atoms with E-state index in [4.69, 9.17) is 16.3 Å². The molecule has 134 valence electrons. The second-order valence-electron chi connectivity index (χ2n) is 5.27. The summed E-state index contributed by atoms with van der Waals surface area (Å²) in [6.45, 7) is 0.989. The first-order valence-electron chi connectivity index (χ1n) is 7.71. The van der Waals surface area contributed by atoms with Crippen LogP contribution in [0.15, 0.2) is 54.6 Å². The number of carbonyl (C=O) groups is 3. The fourth-order valence-corrected chi connectivity index (χ4v) is 2.19. The van der Waals surface area contributed by atoms with Crippen LogP contribution in [0.1, 0.15) is 12.5 Å². The van der Waals surface area contributed by atoms with Gasteiger partial charge in [0.15, 0.2) is 6.61 Å². The average Bonchev–Trinajstić information content (AvgIpc) is 2.60. The molecule has 0 aliphatic rings. The van der Waals surface area contributed by atoms with Gasteiger partial charge in [-0.15, -0.1) is 0 Å². The van der Waals surface area contributed by atoms with Crippen molar-refractivity contribution in [3.63, 3.8) is 0 Å². The van der Waals surface area contributed by atoms with Crippen LogP contribution in [0.3, 0.4) is 0 Å². The van der Waals surface area contributed by atoms with Crippen molar-refractivity contribution in [1.29, 1.82) is 0 Å². The molecule has 0 spiro atoms. The van der Waals surface area contributed by atoms with Gasteiger partial charge in [-0.2, -0.15) is 0 Å². The van der Waals surface area contributed by atoms with Gasteiger partial charge >= 0.3 is 5.97 Å². The van der Waals surface area contributed by atoms with E-state index >= 15 is 0 Å². The van der Waals surface area contributed by atoms with E-state index in [1.54, 1.807) is 48.5 Å². The molecule has 2 aromatic carbocycles. The maximum Gasteiger partial charge on any atom is 0.331 e. The number of nitrogens with one attached hydrogen (secondary N) is 2. The molecule has 0 heterocycles. The Balaban J connectivity index is 1.80. The van der Waals surface area contributed by atoms with E-state index in [1.807, 2.05) is 0 Å². The summed E-state index contributed by atoms with van der Waals surface area (Å²) in [5.74, 6) is -1.31. The first kappa shape index (κ1) is 19.2. The van der Waals surface area contributed by atoms with Crippen LogP contribution in [0.4, 0.5) is 11.4 Å². The van der Waals surface area contributed by atoms with E-state index < -0.39 is 18.5 Å². The predicted molar refractivity (Wildman–Crippen MR) is 101 cm³/mol. The van der Waals surface area contributed by atoms with Gasteiger partial charge in [0, 0.05) is 29.4 Å². The van der Waals surface area contributed by atoms with Crippen molar-refractivity contribution in [2.75, 3.05) is 17.2 Å². The second kappa shape index (κ2) is 9.39. The minimum atomic E-state index is -0.652. The zero-order valence-corrected chi connectivity index (χ0v) is 14.7. The first-order chi connectivity index (χ1) is 12.4. The molecule has 0 saturated heterocycles. The normalized spacial score (nSPS) is 10.4. The van der Waals surface area contributed by atoms with Crippen LogP contribution < -0.4 is 10.6 Å². The summed E-state index contributed by atoms with van der Waals surface area (Å²) in [5.41, 5.74) is 1.81. The lowest BCUT2D eigenvalue weighted by Gasteiger charge is -2.07. The molecule has 2 aromatic rings. The molecule has 0 unspecified atom stereocenters. The number of hydrogen-bond acceptors (Lipinski definition) is 4. The van der Waals surface area contributed by atoms with Gasteiger partial charge in [-0.1, -0.05) is 29.8 Å². The van der Waals surface area contributed by atoms with Crippen molar-refractivity contribution in [3.8, 4) is 0 Å². The molecular weight excluding hydrogens is 356 g/mol. The number of benzene rings is 2. The van der Waals surface area contributed by atoms with E-state index in [0.717, 1.165) is 0 Å². The Kier molecular flexibility index (Phi) is 6.93. The van der Waals surface area contributed by atoms with Crippen molar-refractivity contribution < 1.29 is 19.1 Å². The zero-order chi connectivity index (χ0) is 18.9. The molecular formula is C19H17ClN2O4. The third-order valence-corrected chi connectivity index (χ3v) is 3.48. The average molecular weight is 373 g/mol. The molecule has 0 fully saturated rings. The summed E-state index contributed by atoms with van der Waals surface area (Å²) in [4.78, 5) is 34.4. The van der Waals surface area contributed by atoms with Crippen molar-refractivity contribution in [2.24, 2.45) is 0 Å². The lowest BCUT2D eigenvalue weighted by atomic mass is 10.2. The standard InChI is InChI=1S/C19H17ClN2O4/c1-13(23)21-15-7-9-16(10-8-15)22-18(24)12-26-19(25)11-6-14-4-2-3-5-17(14)20/h2-11H,12H2,1H3,(H,21,23)(H,22,24). The highest BCUT2D eigenvalue weighted by Crippen LogP contribution is 2.16. The lowest BCUT2D eigenvalue weighted by molar-refractivity contribution is -0.142. The highest BCUT2D eigenvalue weighted by molar-refractivity contribution is 6.32. The van der Waals surface area contributed by atoms with Crippen LogP contribution >= 0.6 is 11.6 Å². The van der Waals surface area contributed by atoms with Crippen molar-refractivity contribution in [1.82, 2.24) is 0 Å². The number of hydrogen-bond donors (Lipinski definition) is 2. The second-order valence-corrected chi connectivity index (χ2v) is 5.68. The molecule has 2 rings (SSSR count). The number of rotatable bonds is 6. The molecule has 0 saturated carbocycles. The summed E-state index contributed by atoms with van der Waals surface area (Å²) >= 11 is 5.97. The van der Waals surface area contributed by atoms with Crippen LogP contribution in [-0.4, -0.2) is 24.4 Å². The summed E-state index contributed by atoms with van der Waals surface area (Å²) < 4.78 is 4.88. The zero-order valence-electron chi connectivity index (χ0n) is 14.0. The quantitative estimate of drug-likeness (QED) is 0.600. The van der Waals surface area contributed by atoms with Gasteiger partial charge in [0.1, 0.15) is 0 Å². The number of halogens is 1. The van der Waals surface area contributed by atoms with Crippen LogP contribution in [0, 0.1) is 0 Å². The molecule has 0 aliphatic heterocycles. The third-order valence-electron chi connectivity index (χ3n) is 3.14. The lowest BCUT2D eigenvalue weighted by Crippen LogP contribution is -2.20. The number of amides is 2. The number of esters is 1. The van der Waals surface area contributed by atoms with E-state index in [-0.39, 0.29) is 5.91 Å². The summed E-state index contributed by atoms with van der Waals surface area (Å²) in [6, 6.07) is 13.6. The maximum atomic E-state index is 11.8. The fraction of sp³-hybridized carbons (Fsp3) is 0.105. The smallest absolute Gasteiger partial charge is 0.331 e. The van der Waals surface area contributed by atoms with E-state index in [9.17, 15) is 14.4 Å². The van der Waals surface area contributed by atoms with E-state index in [2.05, 4.69) is 10.6 Å². The monoisotopic (exact) mass is 372 g/mol. The highest BCUT2D eigenvalue weighted by atomic mass is 35.5. The van der Waals surface area contributed by atoms with Gasteiger partial charge in [-0.25, -0.2) is 4.79 Å². The molecule has 0 atom stereocenters. The predicted octanol–water partition coefficient (Wildman–Crippen LogP) is 3.49. The Bertz CT molecular complexity index is 832. The van der Waals surface area contributed by atoms with E-state index in [1.165, 1.54) is 19.1 Å². The largest absolute Gasteiger partial charge is 0.452 e. The van der Waals surface area contributed by atoms with Gasteiger partial charge in [0.25, 0.3) is 5.91 Å². The Hall–Kier alpha value is -3.12. The van der Waals surface area contributed by atoms with Crippen LogP contribution in [-0.2, 0) is 19.1 Å². The number of ether oxygens (including phenoxy) is 1. The Morgan fingerprint density at radius 1 is 1.00 bits per heavy atom. The van der Waals surface area contributed by atoms with Gasteiger partial charge in [0.2, 0.25) is 5.91 Å². The minimum absolute atomic E-state index is 0.182. The summed E-state index contributed by atoms with van der Waals surface area (Å²) in [7, 11) is 0. The SMILES string of the molecule is CC(=O)Nc1ccc(NC(=O)COC(=O)C=Cc2ccccc2Cl)cc1. The van der Waals surface area contributed by atoms with Crippen LogP contribution in [0.2, 0.25) is 5.02 Å². The molecule has 6 nitrogen and oxygen atoms in total. The van der Waals surface area contributed by atoms with Gasteiger partial charge < -0.3 is 15.4 Å². The van der Waals surface area contributed by atoms with Crippen molar-refractivity contribution in [2.45, 2.75) is 6.92 Å². The number of anilines is 2. The third kappa shape index (κ3) is 6.41. The Morgan fingerprint density at radius 2 is 1.62 bits per heavy atom. The summed E-state index contributed by atoms with van der Waals surface area (Å²) in [5, 5.41) is 5.72. The molecule has 0 radical (unpaired) electrons. The molecule has 0 aromatic heterocycles. The minimum Gasteiger partial charge on any atom is -0.452 e. The van der Waals surface area contributed by atoms with Gasteiger partial charge in [0.05, 0.1) is 0 Å². The van der Waals surface area contributed by atoms with Crippen LogP contribution in [0.25, 0.3) is 6.08 Å². The van der Waals surface area contributed by atoms with Gasteiger partial charge in [-0.05, 0) is 42.0 Å². The van der Waals surface area contributed by atoms with E-state index in [0.29, 0.717) is 22.0 Å². The molecule has 7 heteroatoms. The maximum absolute atomic E-state index is 11.8. The topological polar surface area (TPSA) is 84.5 Å². The molecule has 0 aliphatic carbocycles. The highest BCUT2D eigenvalue weighted by Gasteiger charge is 2.06. The van der Waals surface area contributed by atoms with Crippen molar-refractivity contribution in [3.05, 3.63) is 65.2 Å². The van der Waals surface area contributed by atoms with Gasteiger partial charge in [-0.3, -0.25) is 9.59 Å². The molecule has 0 bridgehead atoms. The first-order valence-corrected chi connectivity index (χ1v) is 8.09. The summed E-state index contributed by atoms with van der Waals surface area (Å²) in [6.07, 6.45) is 2.72. The molecule has 26 heavy (non-hydrogen) atoms. The van der Waals surface area contributed by atoms with Crippen molar-refractivity contribution >= 4 is 46.8 Å². The Labute approximate surface area is 155 Å². The fourth-order valence-electron chi connectivity index (χ4n) is 1.99.